The van der Waals surface area contributed by atoms with Crippen molar-refractivity contribution in [3.05, 3.63) is 40.6 Å². The third-order valence-corrected chi connectivity index (χ3v) is 11.5. The SMILES string of the molecule is CNS(=O)(=O)c1cccc2c1CCN(c1nc3c(c(N4CCC(P(C)(C)=O)C4)n1)CCCCC3)C2. The van der Waals surface area contributed by atoms with Crippen LogP contribution in [0.25, 0.3) is 0 Å². The first-order valence-electron chi connectivity index (χ1n) is 12.7. The van der Waals surface area contributed by atoms with Gasteiger partial charge in [-0.25, -0.2) is 18.1 Å². The summed E-state index contributed by atoms with van der Waals surface area (Å²) in [6, 6.07) is 5.50. The van der Waals surface area contributed by atoms with E-state index in [0.717, 1.165) is 73.8 Å². The Balaban J connectivity index is 1.50. The van der Waals surface area contributed by atoms with Gasteiger partial charge in [-0.15, -0.1) is 0 Å². The van der Waals surface area contributed by atoms with Crippen molar-refractivity contribution in [2.75, 3.05) is 49.8 Å². The van der Waals surface area contributed by atoms with Gasteiger partial charge in [-0.3, -0.25) is 0 Å². The van der Waals surface area contributed by atoms with E-state index >= 15 is 0 Å². The van der Waals surface area contributed by atoms with Crippen molar-refractivity contribution >= 4 is 28.9 Å². The van der Waals surface area contributed by atoms with Crippen LogP contribution in [-0.4, -0.2) is 64.1 Å². The Morgan fingerprint density at radius 2 is 1.80 bits per heavy atom. The number of sulfonamides is 1. The highest BCUT2D eigenvalue weighted by Gasteiger charge is 2.34. The second-order valence-corrected chi connectivity index (χ2v) is 15.9. The van der Waals surface area contributed by atoms with Crippen molar-refractivity contribution in [3.63, 3.8) is 0 Å². The van der Waals surface area contributed by atoms with Gasteiger partial charge in [0.2, 0.25) is 16.0 Å². The van der Waals surface area contributed by atoms with Crippen molar-refractivity contribution < 1.29 is 13.0 Å². The van der Waals surface area contributed by atoms with Crippen molar-refractivity contribution in [1.29, 1.82) is 0 Å². The predicted molar refractivity (Wildman–Crippen MR) is 141 cm³/mol. The lowest BCUT2D eigenvalue weighted by molar-refractivity contribution is 0.574. The molecule has 190 valence electrons. The fraction of sp³-hybridized carbons (Fsp3) is 0.600. The van der Waals surface area contributed by atoms with E-state index < -0.39 is 17.2 Å². The molecular weight excluding hydrogens is 481 g/mol. The van der Waals surface area contributed by atoms with Gasteiger partial charge >= 0.3 is 0 Å². The topological polar surface area (TPSA) is 95.5 Å². The molecule has 5 rings (SSSR count). The molecule has 1 aromatic carbocycles. The Morgan fingerprint density at radius 3 is 2.54 bits per heavy atom. The molecule has 3 aliphatic rings. The minimum atomic E-state index is -3.50. The van der Waals surface area contributed by atoms with Gasteiger partial charge in [0.05, 0.1) is 17.7 Å². The molecule has 10 heteroatoms. The fourth-order valence-electron chi connectivity index (χ4n) is 5.69. The average Bonchev–Trinajstić information content (AvgIpc) is 3.23. The fourth-order valence-corrected chi connectivity index (χ4v) is 8.05. The first-order chi connectivity index (χ1) is 16.7. The lowest BCUT2D eigenvalue weighted by atomic mass is 10.00. The molecule has 2 aliphatic heterocycles. The first-order valence-corrected chi connectivity index (χ1v) is 16.8. The molecule has 2 aromatic rings. The van der Waals surface area contributed by atoms with Crippen molar-refractivity contribution in [1.82, 2.24) is 14.7 Å². The van der Waals surface area contributed by atoms with Crippen LogP contribution in [-0.2, 0) is 40.4 Å². The number of nitrogens with one attached hydrogen (secondary N) is 1. The predicted octanol–water partition coefficient (Wildman–Crippen LogP) is 3.42. The van der Waals surface area contributed by atoms with E-state index in [2.05, 4.69) is 14.5 Å². The zero-order valence-electron chi connectivity index (χ0n) is 21.0. The third-order valence-electron chi connectivity index (χ3n) is 7.81. The van der Waals surface area contributed by atoms with Gasteiger partial charge < -0.3 is 14.4 Å². The number of hydrogen-bond donors (Lipinski definition) is 1. The second-order valence-electron chi connectivity index (χ2n) is 10.4. The molecular formula is C25H36N5O3PS. The maximum Gasteiger partial charge on any atom is 0.240 e. The van der Waals surface area contributed by atoms with Crippen LogP contribution in [0.2, 0.25) is 0 Å². The highest BCUT2D eigenvalue weighted by atomic mass is 32.2. The van der Waals surface area contributed by atoms with Gasteiger partial charge in [-0.1, -0.05) is 18.6 Å². The van der Waals surface area contributed by atoms with Crippen LogP contribution in [0.1, 0.15) is 48.1 Å². The van der Waals surface area contributed by atoms with E-state index in [-0.39, 0.29) is 5.66 Å². The van der Waals surface area contributed by atoms with E-state index in [4.69, 9.17) is 9.97 Å². The summed E-state index contributed by atoms with van der Waals surface area (Å²) in [5.74, 6) is 1.76. The van der Waals surface area contributed by atoms with Crippen LogP contribution in [0.4, 0.5) is 11.8 Å². The summed E-state index contributed by atoms with van der Waals surface area (Å²) >= 11 is 0. The molecule has 8 nitrogen and oxygen atoms in total. The first kappa shape index (κ1) is 24.7. The molecule has 1 fully saturated rings. The summed E-state index contributed by atoms with van der Waals surface area (Å²) in [5.41, 5.74) is 4.54. The molecule has 1 atom stereocenters. The highest BCUT2D eigenvalue weighted by molar-refractivity contribution is 7.89. The van der Waals surface area contributed by atoms with Crippen molar-refractivity contribution in [3.8, 4) is 0 Å². The second kappa shape index (κ2) is 9.49. The van der Waals surface area contributed by atoms with E-state index in [1.54, 1.807) is 6.07 Å². The number of aryl methyl sites for hydroxylation is 1. The molecule has 35 heavy (non-hydrogen) atoms. The lowest BCUT2D eigenvalue weighted by Gasteiger charge is -2.32. The molecule has 0 bridgehead atoms. The molecule has 1 saturated heterocycles. The number of anilines is 2. The smallest absolute Gasteiger partial charge is 0.240 e. The van der Waals surface area contributed by atoms with E-state index in [9.17, 15) is 13.0 Å². The van der Waals surface area contributed by atoms with Crippen LogP contribution in [0.15, 0.2) is 23.1 Å². The minimum absolute atomic E-state index is 0.219. The summed E-state index contributed by atoms with van der Waals surface area (Å²) in [6.07, 6.45) is 7.02. The summed E-state index contributed by atoms with van der Waals surface area (Å²) in [7, 11) is -4.20. The van der Waals surface area contributed by atoms with Crippen molar-refractivity contribution in [2.45, 2.75) is 62.0 Å². The number of aromatic nitrogens is 2. The zero-order chi connectivity index (χ0) is 24.8. The average molecular weight is 518 g/mol. The highest BCUT2D eigenvalue weighted by Crippen LogP contribution is 2.47. The number of rotatable bonds is 5. The molecule has 3 heterocycles. The van der Waals surface area contributed by atoms with Crippen LogP contribution in [0, 0.1) is 0 Å². The molecule has 0 radical (unpaired) electrons. The maximum absolute atomic E-state index is 12.8. The molecule has 0 spiro atoms. The van der Waals surface area contributed by atoms with Gasteiger partial charge in [0, 0.05) is 37.4 Å². The van der Waals surface area contributed by atoms with Crippen LogP contribution in [0.3, 0.4) is 0 Å². The standard InChI is InChI=1S/C25H36N5O3PS/c1-26-35(32,33)23-11-7-8-18-16-30(15-13-20(18)23)25-27-22-10-6-4-5-9-21(22)24(28-25)29-14-12-19(17-29)34(2,3)31/h7-8,11,19,26H,4-6,9-10,12-17H2,1-3H3. The van der Waals surface area contributed by atoms with E-state index in [1.807, 2.05) is 25.5 Å². The Kier molecular flexibility index (Phi) is 6.70. The number of benzene rings is 1. The lowest BCUT2D eigenvalue weighted by Crippen LogP contribution is -2.34. The normalized spacial score (nSPS) is 20.9. The Morgan fingerprint density at radius 1 is 1.00 bits per heavy atom. The summed E-state index contributed by atoms with van der Waals surface area (Å²) in [4.78, 5) is 15.1. The van der Waals surface area contributed by atoms with Gasteiger partial charge in [0.15, 0.2) is 0 Å². The van der Waals surface area contributed by atoms with Crippen LogP contribution >= 0.6 is 7.14 Å². The summed E-state index contributed by atoms with van der Waals surface area (Å²) in [5, 5.41) is 0. The van der Waals surface area contributed by atoms with Crippen molar-refractivity contribution in [2.24, 2.45) is 0 Å². The molecule has 0 saturated carbocycles. The Hall–Kier alpha value is -1.96. The Bertz CT molecular complexity index is 1280. The third kappa shape index (κ3) is 4.87. The number of fused-ring (bicyclic) bond motifs is 2. The molecule has 1 unspecified atom stereocenters. The van der Waals surface area contributed by atoms with Gasteiger partial charge in [0.1, 0.15) is 5.82 Å². The zero-order valence-corrected chi connectivity index (χ0v) is 22.7. The molecule has 1 N–H and O–H groups in total. The monoisotopic (exact) mass is 517 g/mol. The van der Waals surface area contributed by atoms with Gasteiger partial charge in [-0.2, -0.15) is 4.98 Å². The molecule has 1 aromatic heterocycles. The van der Waals surface area contributed by atoms with Gasteiger partial charge in [-0.05, 0) is 76.1 Å². The summed E-state index contributed by atoms with van der Waals surface area (Å²) < 4.78 is 40.3. The van der Waals surface area contributed by atoms with Crippen LogP contribution in [0.5, 0.6) is 0 Å². The summed E-state index contributed by atoms with van der Waals surface area (Å²) in [6.45, 7) is 6.74. The minimum Gasteiger partial charge on any atom is -0.355 e. The quantitative estimate of drug-likeness (QED) is 0.480. The number of hydrogen-bond acceptors (Lipinski definition) is 7. The van der Waals surface area contributed by atoms with Gasteiger partial charge in [0.25, 0.3) is 0 Å². The van der Waals surface area contributed by atoms with Crippen LogP contribution < -0.4 is 14.5 Å². The van der Waals surface area contributed by atoms with E-state index in [0.29, 0.717) is 24.4 Å². The molecule has 1 aliphatic carbocycles. The largest absolute Gasteiger partial charge is 0.355 e. The maximum atomic E-state index is 12.8. The number of nitrogens with zero attached hydrogens (tertiary/aromatic N) is 4. The Labute approximate surface area is 209 Å². The van der Waals surface area contributed by atoms with E-state index in [1.165, 1.54) is 19.0 Å². The molecule has 0 amide bonds.